The van der Waals surface area contributed by atoms with E-state index < -0.39 is 11.9 Å². The first-order valence-corrected chi connectivity index (χ1v) is 9.11. The van der Waals surface area contributed by atoms with Gasteiger partial charge in [-0.3, -0.25) is 0 Å². The van der Waals surface area contributed by atoms with Gasteiger partial charge in [0, 0.05) is 30.2 Å². The Morgan fingerprint density at radius 2 is 1.52 bits per heavy atom. The fourth-order valence-corrected chi connectivity index (χ4v) is 6.06. The van der Waals surface area contributed by atoms with Crippen molar-refractivity contribution in [2.24, 2.45) is 17.6 Å². The molecular weight excluding hydrogens is 314 g/mol. The molecule has 2 aromatic rings. The molecule has 0 spiro atoms. The number of rotatable bonds is 1. The minimum absolute atomic E-state index is 0.0241. The summed E-state index contributed by atoms with van der Waals surface area (Å²) in [5, 5.41) is 11.6. The van der Waals surface area contributed by atoms with Gasteiger partial charge in [-0.1, -0.05) is 48.5 Å². The maximum Gasteiger partial charge on any atom is 0.188 e. The standard InChI is InChI=1S/C21H21NO3/c22-10-21(23)19-17-13-7-3-1-5-11(13)16(12-6-2-4-8-14(12)17)18(19)15-9-24-20(21)25-15/h1-8,15-20,23H,9-10,22H2/t15-,16?,17?,18+,19-,20-,21-/m1/s1. The molecule has 2 heterocycles. The van der Waals surface area contributed by atoms with E-state index in [0.29, 0.717) is 6.61 Å². The van der Waals surface area contributed by atoms with Crippen molar-refractivity contribution in [3.8, 4) is 0 Å². The van der Waals surface area contributed by atoms with E-state index in [4.69, 9.17) is 15.2 Å². The van der Waals surface area contributed by atoms with Crippen LogP contribution in [-0.2, 0) is 9.47 Å². The van der Waals surface area contributed by atoms with Gasteiger partial charge in [0.1, 0.15) is 5.60 Å². The molecule has 2 aromatic carbocycles. The van der Waals surface area contributed by atoms with E-state index >= 15 is 0 Å². The van der Waals surface area contributed by atoms with Gasteiger partial charge in [-0.25, -0.2) is 0 Å². The molecule has 2 saturated heterocycles. The van der Waals surface area contributed by atoms with Crippen molar-refractivity contribution in [1.29, 1.82) is 0 Å². The Morgan fingerprint density at radius 3 is 2.08 bits per heavy atom. The lowest BCUT2D eigenvalue weighted by Gasteiger charge is -2.59. The normalized spacial score (nSPS) is 42.6. The Balaban J connectivity index is 1.67. The van der Waals surface area contributed by atoms with E-state index in [2.05, 4.69) is 48.5 Å². The van der Waals surface area contributed by atoms with Crippen LogP contribution in [0.25, 0.3) is 0 Å². The van der Waals surface area contributed by atoms with Gasteiger partial charge >= 0.3 is 0 Å². The van der Waals surface area contributed by atoms with Crippen molar-refractivity contribution in [1.82, 2.24) is 0 Å². The molecule has 4 nitrogen and oxygen atoms in total. The van der Waals surface area contributed by atoms with Crippen LogP contribution >= 0.6 is 0 Å². The maximum atomic E-state index is 11.6. The highest BCUT2D eigenvalue weighted by Gasteiger charge is 2.66. The summed E-state index contributed by atoms with van der Waals surface area (Å²) < 4.78 is 11.9. The molecule has 4 bridgehead atoms. The van der Waals surface area contributed by atoms with Crippen molar-refractivity contribution in [3.63, 3.8) is 0 Å². The molecule has 0 unspecified atom stereocenters. The molecule has 4 heteroatoms. The summed E-state index contributed by atoms with van der Waals surface area (Å²) in [7, 11) is 0. The minimum Gasteiger partial charge on any atom is -0.383 e. The van der Waals surface area contributed by atoms with Crippen molar-refractivity contribution in [2.75, 3.05) is 13.2 Å². The summed E-state index contributed by atoms with van der Waals surface area (Å²) in [5.41, 5.74) is 10.4. The lowest BCUT2D eigenvalue weighted by molar-refractivity contribution is -0.256. The first-order valence-electron chi connectivity index (χ1n) is 9.11. The number of aliphatic hydroxyl groups is 1. The second kappa shape index (κ2) is 4.71. The fraction of sp³-hybridized carbons (Fsp3) is 0.429. The number of hydrogen-bond donors (Lipinski definition) is 2. The molecule has 0 saturated carbocycles. The van der Waals surface area contributed by atoms with Crippen LogP contribution < -0.4 is 5.73 Å². The van der Waals surface area contributed by atoms with Gasteiger partial charge in [0.2, 0.25) is 0 Å². The van der Waals surface area contributed by atoms with Crippen molar-refractivity contribution >= 4 is 0 Å². The third-order valence-electron chi connectivity index (χ3n) is 6.94. The molecule has 7 rings (SSSR count). The zero-order chi connectivity index (χ0) is 16.8. The predicted octanol–water partition coefficient (Wildman–Crippen LogP) is 1.95. The van der Waals surface area contributed by atoms with Crippen LogP contribution in [0.1, 0.15) is 34.1 Å². The number of hydrogen-bond acceptors (Lipinski definition) is 4. The number of nitrogens with two attached hydrogens (primary N) is 1. The molecule has 3 aliphatic carbocycles. The van der Waals surface area contributed by atoms with Gasteiger partial charge in [-0.2, -0.15) is 0 Å². The third-order valence-corrected chi connectivity index (χ3v) is 6.94. The largest absolute Gasteiger partial charge is 0.383 e. The van der Waals surface area contributed by atoms with E-state index in [0.717, 1.165) is 0 Å². The number of benzene rings is 2. The Labute approximate surface area is 146 Å². The van der Waals surface area contributed by atoms with Crippen molar-refractivity contribution in [2.45, 2.75) is 29.8 Å². The van der Waals surface area contributed by atoms with Gasteiger partial charge in [0.15, 0.2) is 6.29 Å². The summed E-state index contributed by atoms with van der Waals surface area (Å²) in [6.45, 7) is 0.695. The first kappa shape index (κ1) is 14.4. The Morgan fingerprint density at radius 1 is 0.960 bits per heavy atom. The average Bonchev–Trinajstić information content (AvgIpc) is 3.13. The molecule has 0 amide bonds. The Bertz CT molecular complexity index is 820. The summed E-state index contributed by atoms with van der Waals surface area (Å²) in [4.78, 5) is 0. The summed E-state index contributed by atoms with van der Waals surface area (Å²) >= 11 is 0. The van der Waals surface area contributed by atoms with Crippen LogP contribution in [-0.4, -0.2) is 36.3 Å². The molecule has 5 aliphatic rings. The number of fused-ring (bicyclic) bond motifs is 2. The first-order chi connectivity index (χ1) is 12.2. The monoisotopic (exact) mass is 335 g/mol. The molecule has 2 fully saturated rings. The van der Waals surface area contributed by atoms with Crippen LogP contribution in [0.3, 0.4) is 0 Å². The van der Waals surface area contributed by atoms with Crippen LogP contribution in [0, 0.1) is 11.8 Å². The van der Waals surface area contributed by atoms with E-state index in [9.17, 15) is 5.11 Å². The Hall–Kier alpha value is -1.72. The van der Waals surface area contributed by atoms with Crippen LogP contribution in [0.4, 0.5) is 0 Å². The zero-order valence-corrected chi connectivity index (χ0v) is 13.8. The fourth-order valence-electron chi connectivity index (χ4n) is 6.06. The van der Waals surface area contributed by atoms with E-state index in [-0.39, 0.29) is 36.3 Å². The second-order valence-electron chi connectivity index (χ2n) is 7.85. The van der Waals surface area contributed by atoms with Crippen molar-refractivity contribution in [3.05, 3.63) is 70.8 Å². The van der Waals surface area contributed by atoms with E-state index in [1.165, 1.54) is 22.3 Å². The smallest absolute Gasteiger partial charge is 0.188 e. The lowest BCUT2D eigenvalue weighted by Crippen LogP contribution is -2.65. The molecular formula is C21H21NO3. The molecule has 0 aromatic heterocycles. The average molecular weight is 335 g/mol. The highest BCUT2D eigenvalue weighted by atomic mass is 16.7. The van der Waals surface area contributed by atoms with Crippen LogP contribution in [0.5, 0.6) is 0 Å². The predicted molar refractivity (Wildman–Crippen MR) is 92.2 cm³/mol. The van der Waals surface area contributed by atoms with Gasteiger partial charge in [0.25, 0.3) is 0 Å². The second-order valence-corrected chi connectivity index (χ2v) is 7.85. The summed E-state index contributed by atoms with van der Waals surface area (Å²) in [6, 6.07) is 17.3. The quantitative estimate of drug-likeness (QED) is 0.836. The van der Waals surface area contributed by atoms with E-state index in [1.54, 1.807) is 0 Å². The molecule has 2 aliphatic heterocycles. The van der Waals surface area contributed by atoms with Crippen molar-refractivity contribution < 1.29 is 14.6 Å². The highest BCUT2D eigenvalue weighted by molar-refractivity contribution is 5.57. The van der Waals surface area contributed by atoms with Gasteiger partial charge in [0.05, 0.1) is 12.7 Å². The molecule has 3 N–H and O–H groups in total. The summed E-state index contributed by atoms with van der Waals surface area (Å²) in [5.74, 6) is 0.598. The molecule has 0 radical (unpaired) electrons. The highest BCUT2D eigenvalue weighted by Crippen LogP contribution is 2.65. The topological polar surface area (TPSA) is 64.7 Å². The third kappa shape index (κ3) is 1.57. The molecule has 128 valence electrons. The lowest BCUT2D eigenvalue weighted by atomic mass is 9.49. The van der Waals surface area contributed by atoms with Crippen LogP contribution in [0.2, 0.25) is 0 Å². The molecule has 5 atom stereocenters. The minimum atomic E-state index is -1.15. The zero-order valence-electron chi connectivity index (χ0n) is 13.8. The maximum absolute atomic E-state index is 11.6. The van der Waals surface area contributed by atoms with Crippen LogP contribution in [0.15, 0.2) is 48.5 Å². The Kier molecular flexibility index (Phi) is 2.72. The SMILES string of the molecule is NC[C@]1(O)[C@@H]2OC[C@@H](O2)[C@H]2C3c4ccccc4C(c4ccccc43)[C@H]21. The van der Waals surface area contributed by atoms with Gasteiger partial charge < -0.3 is 20.3 Å². The summed E-state index contributed by atoms with van der Waals surface area (Å²) in [6.07, 6.45) is -0.585. The van der Waals surface area contributed by atoms with Gasteiger partial charge in [-0.15, -0.1) is 0 Å². The molecule has 25 heavy (non-hydrogen) atoms. The van der Waals surface area contributed by atoms with Gasteiger partial charge in [-0.05, 0) is 22.3 Å². The van der Waals surface area contributed by atoms with E-state index in [1.807, 2.05) is 0 Å². The number of ether oxygens (including phenoxy) is 2.